The van der Waals surface area contributed by atoms with Gasteiger partial charge in [0.05, 0.1) is 0 Å². The molecule has 0 unspecified atom stereocenters. The molecule has 0 amide bonds. The van der Waals surface area contributed by atoms with Gasteiger partial charge in [-0.3, -0.25) is 0 Å². The first-order chi connectivity index (χ1) is 10.5. The number of fused-ring (bicyclic) bond motifs is 2. The molecule has 2 aromatic carbocycles. The molecule has 1 aliphatic rings. The van der Waals surface area contributed by atoms with Gasteiger partial charge in [0.15, 0.2) is 0 Å². The lowest BCUT2D eigenvalue weighted by Crippen LogP contribution is -2.10. The molecule has 0 heterocycles. The minimum Gasteiger partial charge on any atom is -0.507 e. The maximum atomic E-state index is 11.7. The van der Waals surface area contributed by atoms with Crippen LogP contribution < -0.4 is 4.74 Å². The summed E-state index contributed by atoms with van der Waals surface area (Å²) >= 11 is 6.13. The second kappa shape index (κ2) is 5.50. The van der Waals surface area contributed by atoms with Crippen molar-refractivity contribution in [2.75, 3.05) is 0 Å². The molecule has 4 heteroatoms. The first-order valence-electron chi connectivity index (χ1n) is 6.97. The largest absolute Gasteiger partial charge is 0.507 e. The van der Waals surface area contributed by atoms with Gasteiger partial charge in [-0.1, -0.05) is 42.0 Å². The highest BCUT2D eigenvalue weighted by atomic mass is 35.5. The van der Waals surface area contributed by atoms with Gasteiger partial charge in [0.2, 0.25) is 0 Å². The smallest absolute Gasteiger partial charge is 0.335 e. The van der Waals surface area contributed by atoms with Crippen LogP contribution in [0.1, 0.15) is 16.7 Å². The summed E-state index contributed by atoms with van der Waals surface area (Å²) in [7, 11) is 0. The first-order valence-corrected chi connectivity index (χ1v) is 7.35. The van der Waals surface area contributed by atoms with Crippen molar-refractivity contribution in [1.82, 2.24) is 0 Å². The summed E-state index contributed by atoms with van der Waals surface area (Å²) in [5, 5.41) is 12.6. The highest BCUT2D eigenvalue weighted by Crippen LogP contribution is 2.44. The van der Waals surface area contributed by atoms with E-state index in [2.05, 4.69) is 6.58 Å². The van der Waals surface area contributed by atoms with Crippen molar-refractivity contribution >= 4 is 28.3 Å². The van der Waals surface area contributed by atoms with Crippen molar-refractivity contribution < 1.29 is 14.6 Å². The Morgan fingerprint density at radius 2 is 2.14 bits per heavy atom. The van der Waals surface area contributed by atoms with Crippen molar-refractivity contribution in [2.45, 2.75) is 19.8 Å². The van der Waals surface area contributed by atoms with Crippen LogP contribution in [0.4, 0.5) is 0 Å². The second-order valence-electron chi connectivity index (χ2n) is 5.34. The third-order valence-corrected chi connectivity index (χ3v) is 4.13. The molecule has 3 nitrogen and oxygen atoms in total. The summed E-state index contributed by atoms with van der Waals surface area (Å²) in [5.74, 6) is 0.159. The van der Waals surface area contributed by atoms with E-state index in [4.69, 9.17) is 16.3 Å². The molecule has 2 aromatic rings. The number of carbonyl (C=O) groups excluding carboxylic acids is 1. The summed E-state index contributed by atoms with van der Waals surface area (Å²) < 4.78 is 5.46. The molecule has 1 aliphatic carbocycles. The zero-order valence-corrected chi connectivity index (χ0v) is 12.9. The Morgan fingerprint density at radius 1 is 1.36 bits per heavy atom. The predicted molar refractivity (Wildman–Crippen MR) is 87.5 cm³/mol. The third-order valence-electron chi connectivity index (χ3n) is 3.84. The SMILES string of the molecule is C=CC(=O)Oc1c2c(c(O)c3cc(C)ccc13)CC=C(Cl)C2. The number of phenols is 1. The van der Waals surface area contributed by atoms with E-state index in [-0.39, 0.29) is 5.75 Å². The monoisotopic (exact) mass is 314 g/mol. The van der Waals surface area contributed by atoms with E-state index < -0.39 is 5.97 Å². The van der Waals surface area contributed by atoms with Gasteiger partial charge in [0.1, 0.15) is 11.5 Å². The first kappa shape index (κ1) is 14.7. The summed E-state index contributed by atoms with van der Waals surface area (Å²) in [6.45, 7) is 5.38. The van der Waals surface area contributed by atoms with E-state index >= 15 is 0 Å². The van der Waals surface area contributed by atoms with Crippen LogP contribution >= 0.6 is 11.6 Å². The predicted octanol–water partition coefficient (Wildman–Crippen LogP) is 4.17. The van der Waals surface area contributed by atoms with Crippen molar-refractivity contribution in [2.24, 2.45) is 0 Å². The number of rotatable bonds is 2. The molecule has 1 N–H and O–H groups in total. The van der Waals surface area contributed by atoms with Gasteiger partial charge < -0.3 is 9.84 Å². The van der Waals surface area contributed by atoms with Gasteiger partial charge in [-0.05, 0) is 19.4 Å². The topological polar surface area (TPSA) is 46.5 Å². The highest BCUT2D eigenvalue weighted by molar-refractivity contribution is 6.30. The van der Waals surface area contributed by atoms with Crippen molar-refractivity contribution in [1.29, 1.82) is 0 Å². The van der Waals surface area contributed by atoms with E-state index in [9.17, 15) is 9.90 Å². The Bertz CT molecular complexity index is 834. The summed E-state index contributed by atoms with van der Waals surface area (Å²) in [6.07, 6.45) is 3.94. The highest BCUT2D eigenvalue weighted by Gasteiger charge is 2.24. The molecule has 0 aliphatic heterocycles. The summed E-state index contributed by atoms with van der Waals surface area (Å²) in [4.78, 5) is 11.7. The molecule has 22 heavy (non-hydrogen) atoms. The standard InChI is InChI=1S/C18H15ClO3/c1-3-16(20)22-18-13-6-4-10(2)8-14(13)17(21)12-7-5-11(19)9-15(12)18/h3-6,8,21H,1,7,9H2,2H3. The molecule has 0 aromatic heterocycles. The number of hydrogen-bond acceptors (Lipinski definition) is 3. The molecule has 0 radical (unpaired) electrons. The quantitative estimate of drug-likeness (QED) is 0.514. The maximum Gasteiger partial charge on any atom is 0.335 e. The maximum absolute atomic E-state index is 11.7. The molecule has 0 atom stereocenters. The Kier molecular flexibility index (Phi) is 3.67. The Labute approximate surface area is 133 Å². The molecule has 0 saturated heterocycles. The fourth-order valence-corrected chi connectivity index (χ4v) is 2.99. The van der Waals surface area contributed by atoms with E-state index in [0.29, 0.717) is 34.4 Å². The number of hydrogen-bond donors (Lipinski definition) is 1. The minimum atomic E-state index is -0.527. The minimum absolute atomic E-state index is 0.229. The van der Waals surface area contributed by atoms with Crippen LogP contribution in [0.5, 0.6) is 11.5 Å². The van der Waals surface area contributed by atoms with Crippen molar-refractivity contribution in [3.05, 3.63) is 58.7 Å². The van der Waals surface area contributed by atoms with Crippen LogP contribution in [-0.2, 0) is 17.6 Å². The van der Waals surface area contributed by atoms with Gasteiger partial charge >= 0.3 is 5.97 Å². The van der Waals surface area contributed by atoms with Crippen molar-refractivity contribution in [3.8, 4) is 11.5 Å². The van der Waals surface area contributed by atoms with Crippen LogP contribution in [0.3, 0.4) is 0 Å². The average molecular weight is 315 g/mol. The molecular weight excluding hydrogens is 300 g/mol. The van der Waals surface area contributed by atoms with E-state index in [1.807, 2.05) is 31.2 Å². The fourth-order valence-electron chi connectivity index (χ4n) is 2.78. The number of allylic oxidation sites excluding steroid dienone is 2. The second-order valence-corrected chi connectivity index (χ2v) is 5.83. The number of carbonyl (C=O) groups is 1. The average Bonchev–Trinajstić information content (AvgIpc) is 2.51. The Hall–Kier alpha value is -2.26. The molecular formula is C18H15ClO3. The van der Waals surface area contributed by atoms with Crippen LogP contribution in [0.2, 0.25) is 0 Å². The number of esters is 1. The summed E-state index contributed by atoms with van der Waals surface area (Å²) in [5.41, 5.74) is 2.54. The number of benzene rings is 2. The van der Waals surface area contributed by atoms with Gasteiger partial charge in [-0.2, -0.15) is 0 Å². The molecule has 3 rings (SSSR count). The van der Waals surface area contributed by atoms with Crippen LogP contribution in [0, 0.1) is 6.92 Å². The van der Waals surface area contributed by atoms with Gasteiger partial charge in [0, 0.05) is 39.4 Å². The molecule has 0 bridgehead atoms. The number of aryl methyl sites for hydroxylation is 1. The molecule has 112 valence electrons. The molecule has 0 fully saturated rings. The van der Waals surface area contributed by atoms with Gasteiger partial charge in [-0.25, -0.2) is 4.79 Å². The van der Waals surface area contributed by atoms with Crippen LogP contribution in [0.15, 0.2) is 42.0 Å². The fraction of sp³-hybridized carbons (Fsp3) is 0.167. The Balaban J connectivity index is 2.34. The molecule has 0 saturated carbocycles. The van der Waals surface area contributed by atoms with E-state index in [1.54, 1.807) is 0 Å². The van der Waals surface area contributed by atoms with Crippen LogP contribution in [0.25, 0.3) is 10.8 Å². The zero-order chi connectivity index (χ0) is 15.9. The Morgan fingerprint density at radius 3 is 2.86 bits per heavy atom. The third kappa shape index (κ3) is 2.38. The number of aromatic hydroxyl groups is 1. The van der Waals surface area contributed by atoms with E-state index in [0.717, 1.165) is 22.8 Å². The normalized spacial score (nSPS) is 13.5. The van der Waals surface area contributed by atoms with Crippen molar-refractivity contribution in [3.63, 3.8) is 0 Å². The van der Waals surface area contributed by atoms with Gasteiger partial charge in [0.25, 0.3) is 0 Å². The van der Waals surface area contributed by atoms with Crippen LogP contribution in [-0.4, -0.2) is 11.1 Å². The van der Waals surface area contributed by atoms with Gasteiger partial charge in [-0.15, -0.1) is 0 Å². The number of ether oxygens (including phenoxy) is 1. The number of halogens is 1. The lowest BCUT2D eigenvalue weighted by Gasteiger charge is -2.21. The lowest BCUT2D eigenvalue weighted by atomic mass is 9.90. The number of phenolic OH excluding ortho intramolecular Hbond substituents is 1. The zero-order valence-electron chi connectivity index (χ0n) is 12.1. The molecule has 0 spiro atoms. The van der Waals surface area contributed by atoms with E-state index in [1.165, 1.54) is 0 Å². The lowest BCUT2D eigenvalue weighted by molar-refractivity contribution is -0.128. The summed E-state index contributed by atoms with van der Waals surface area (Å²) in [6, 6.07) is 5.65.